The number of hydrogen-bond donors (Lipinski definition) is 1. The molecule has 0 amide bonds. The molecule has 0 saturated heterocycles. The van der Waals surface area contributed by atoms with Crippen LogP contribution >= 0.6 is 0 Å². The lowest BCUT2D eigenvalue weighted by Crippen LogP contribution is -2.09. The van der Waals surface area contributed by atoms with Gasteiger partial charge in [0, 0.05) is 17.0 Å². The number of rotatable bonds is 4. The van der Waals surface area contributed by atoms with Gasteiger partial charge in [-0.3, -0.25) is 0 Å². The normalized spacial score (nSPS) is 12.5. The van der Waals surface area contributed by atoms with E-state index in [0.29, 0.717) is 5.82 Å². The lowest BCUT2D eigenvalue weighted by molar-refractivity contribution is 0.294. The molecule has 0 aliphatic carbocycles. The Hall–Kier alpha value is -2.47. The summed E-state index contributed by atoms with van der Waals surface area (Å²) in [5.74, 6) is 1.33. The standard InChI is InChI=1S/C15H17N5O/c1-10(16)12-8-7-11-5-3-4-6-13(11)15(12)21-9-14-17-19-20(2)18-14/h3-8,10H,9,16H2,1-2H3/t10-/m1/s1. The Morgan fingerprint density at radius 2 is 2.05 bits per heavy atom. The molecule has 6 heteroatoms. The monoisotopic (exact) mass is 283 g/mol. The van der Waals surface area contributed by atoms with Crippen molar-refractivity contribution in [3.8, 4) is 5.75 Å². The van der Waals surface area contributed by atoms with Crippen molar-refractivity contribution < 1.29 is 4.74 Å². The van der Waals surface area contributed by atoms with Crippen LogP contribution in [0.2, 0.25) is 0 Å². The highest BCUT2D eigenvalue weighted by molar-refractivity contribution is 5.89. The fourth-order valence-corrected chi connectivity index (χ4v) is 2.30. The zero-order valence-corrected chi connectivity index (χ0v) is 12.0. The summed E-state index contributed by atoms with van der Waals surface area (Å²) in [6.07, 6.45) is 0. The van der Waals surface area contributed by atoms with Gasteiger partial charge in [-0.05, 0) is 17.5 Å². The molecule has 21 heavy (non-hydrogen) atoms. The van der Waals surface area contributed by atoms with E-state index in [-0.39, 0.29) is 12.6 Å². The van der Waals surface area contributed by atoms with Gasteiger partial charge in [0.1, 0.15) is 5.75 Å². The first-order valence-electron chi connectivity index (χ1n) is 6.78. The quantitative estimate of drug-likeness (QED) is 0.792. The number of benzene rings is 2. The molecule has 0 saturated carbocycles. The number of nitrogens with two attached hydrogens (primary N) is 1. The van der Waals surface area contributed by atoms with Gasteiger partial charge in [0.05, 0.1) is 7.05 Å². The molecule has 0 unspecified atom stereocenters. The fourth-order valence-electron chi connectivity index (χ4n) is 2.30. The molecule has 3 aromatic rings. The van der Waals surface area contributed by atoms with Crippen LogP contribution in [0.4, 0.5) is 0 Å². The highest BCUT2D eigenvalue weighted by atomic mass is 16.5. The number of aryl methyl sites for hydroxylation is 1. The number of aromatic nitrogens is 4. The topological polar surface area (TPSA) is 78.9 Å². The lowest BCUT2D eigenvalue weighted by Gasteiger charge is -2.15. The maximum atomic E-state index is 6.05. The van der Waals surface area contributed by atoms with E-state index < -0.39 is 0 Å². The predicted octanol–water partition coefficient (Wildman–Crippen LogP) is 1.96. The molecular formula is C15H17N5O. The van der Waals surface area contributed by atoms with Crippen molar-refractivity contribution in [2.24, 2.45) is 12.8 Å². The Labute approximate surface area is 122 Å². The summed E-state index contributed by atoms with van der Waals surface area (Å²) < 4.78 is 5.95. The van der Waals surface area contributed by atoms with Crippen LogP contribution in [0.5, 0.6) is 5.75 Å². The average Bonchev–Trinajstić information content (AvgIpc) is 2.90. The minimum Gasteiger partial charge on any atom is -0.484 e. The third-order valence-electron chi connectivity index (χ3n) is 3.30. The number of tetrazole rings is 1. The Kier molecular flexibility index (Phi) is 3.53. The highest BCUT2D eigenvalue weighted by Gasteiger charge is 2.13. The third kappa shape index (κ3) is 2.71. The Morgan fingerprint density at radius 1 is 1.24 bits per heavy atom. The van der Waals surface area contributed by atoms with Gasteiger partial charge in [-0.25, -0.2) is 0 Å². The Balaban J connectivity index is 1.99. The van der Waals surface area contributed by atoms with Crippen LogP contribution in [0, 0.1) is 0 Å². The van der Waals surface area contributed by atoms with Crippen molar-refractivity contribution in [1.29, 1.82) is 0 Å². The fraction of sp³-hybridized carbons (Fsp3) is 0.267. The number of ether oxygens (including phenoxy) is 1. The van der Waals surface area contributed by atoms with Gasteiger partial charge >= 0.3 is 0 Å². The van der Waals surface area contributed by atoms with E-state index in [1.165, 1.54) is 4.80 Å². The first kappa shape index (κ1) is 13.5. The molecule has 1 aromatic heterocycles. The van der Waals surface area contributed by atoms with Crippen LogP contribution in [-0.2, 0) is 13.7 Å². The van der Waals surface area contributed by atoms with Crippen molar-refractivity contribution in [3.63, 3.8) is 0 Å². The van der Waals surface area contributed by atoms with Gasteiger partial charge in [-0.15, -0.1) is 10.2 Å². The first-order chi connectivity index (χ1) is 10.1. The third-order valence-corrected chi connectivity index (χ3v) is 3.30. The predicted molar refractivity (Wildman–Crippen MR) is 79.7 cm³/mol. The number of hydrogen-bond acceptors (Lipinski definition) is 5. The zero-order valence-electron chi connectivity index (χ0n) is 12.0. The molecule has 0 radical (unpaired) electrons. The van der Waals surface area contributed by atoms with E-state index in [1.807, 2.05) is 37.3 Å². The molecule has 0 aliphatic rings. The first-order valence-corrected chi connectivity index (χ1v) is 6.78. The van der Waals surface area contributed by atoms with Gasteiger partial charge in [-0.2, -0.15) is 4.80 Å². The zero-order chi connectivity index (χ0) is 14.8. The van der Waals surface area contributed by atoms with Gasteiger partial charge in [-0.1, -0.05) is 36.4 Å². The van der Waals surface area contributed by atoms with Crippen LogP contribution in [-0.4, -0.2) is 20.2 Å². The SMILES string of the molecule is C[C@@H](N)c1ccc2ccccc2c1OCc1nnn(C)n1. The van der Waals surface area contributed by atoms with E-state index in [4.69, 9.17) is 10.5 Å². The summed E-state index contributed by atoms with van der Waals surface area (Å²) in [7, 11) is 1.72. The highest BCUT2D eigenvalue weighted by Crippen LogP contribution is 2.33. The Morgan fingerprint density at radius 3 is 2.76 bits per heavy atom. The lowest BCUT2D eigenvalue weighted by atomic mass is 10.0. The summed E-state index contributed by atoms with van der Waals surface area (Å²) in [5, 5.41) is 14.0. The van der Waals surface area contributed by atoms with Crippen LogP contribution in [0.25, 0.3) is 10.8 Å². The van der Waals surface area contributed by atoms with E-state index in [2.05, 4.69) is 21.5 Å². The van der Waals surface area contributed by atoms with Crippen LogP contribution < -0.4 is 10.5 Å². The van der Waals surface area contributed by atoms with E-state index in [1.54, 1.807) is 7.05 Å². The van der Waals surface area contributed by atoms with Crippen LogP contribution in [0.1, 0.15) is 24.4 Å². The molecule has 0 bridgehead atoms. The van der Waals surface area contributed by atoms with Gasteiger partial charge in [0.15, 0.2) is 6.61 Å². The second kappa shape index (κ2) is 5.49. The van der Waals surface area contributed by atoms with Crippen LogP contribution in [0.15, 0.2) is 36.4 Å². The minimum atomic E-state index is -0.112. The van der Waals surface area contributed by atoms with Crippen molar-refractivity contribution >= 4 is 10.8 Å². The molecular weight excluding hydrogens is 266 g/mol. The number of nitrogens with zero attached hydrogens (tertiary/aromatic N) is 4. The van der Waals surface area contributed by atoms with E-state index in [0.717, 1.165) is 22.1 Å². The van der Waals surface area contributed by atoms with E-state index in [9.17, 15) is 0 Å². The van der Waals surface area contributed by atoms with E-state index >= 15 is 0 Å². The summed E-state index contributed by atoms with van der Waals surface area (Å²) in [4.78, 5) is 1.41. The summed E-state index contributed by atoms with van der Waals surface area (Å²) >= 11 is 0. The van der Waals surface area contributed by atoms with Gasteiger partial charge in [0.25, 0.3) is 0 Å². The van der Waals surface area contributed by atoms with Gasteiger partial charge in [0.2, 0.25) is 5.82 Å². The maximum Gasteiger partial charge on any atom is 0.212 e. The van der Waals surface area contributed by atoms with Crippen molar-refractivity contribution in [2.75, 3.05) is 0 Å². The molecule has 0 spiro atoms. The smallest absolute Gasteiger partial charge is 0.212 e. The molecule has 0 fully saturated rings. The molecule has 3 rings (SSSR count). The number of fused-ring (bicyclic) bond motifs is 1. The largest absolute Gasteiger partial charge is 0.484 e. The maximum absolute atomic E-state index is 6.05. The molecule has 0 aliphatic heterocycles. The second-order valence-electron chi connectivity index (χ2n) is 4.98. The molecule has 1 atom stereocenters. The molecule has 6 nitrogen and oxygen atoms in total. The molecule has 2 N–H and O–H groups in total. The summed E-state index contributed by atoms with van der Waals surface area (Å²) in [5.41, 5.74) is 7.02. The van der Waals surface area contributed by atoms with Gasteiger partial charge < -0.3 is 10.5 Å². The average molecular weight is 283 g/mol. The molecule has 1 heterocycles. The van der Waals surface area contributed by atoms with Crippen molar-refractivity contribution in [3.05, 3.63) is 47.8 Å². The van der Waals surface area contributed by atoms with Crippen molar-refractivity contribution in [2.45, 2.75) is 19.6 Å². The van der Waals surface area contributed by atoms with Crippen molar-refractivity contribution in [1.82, 2.24) is 20.2 Å². The summed E-state index contributed by atoms with van der Waals surface area (Å²) in [6.45, 7) is 2.21. The molecule has 108 valence electrons. The minimum absolute atomic E-state index is 0.112. The summed E-state index contributed by atoms with van der Waals surface area (Å²) in [6, 6.07) is 12.0. The molecule has 2 aromatic carbocycles. The second-order valence-corrected chi connectivity index (χ2v) is 4.98. The van der Waals surface area contributed by atoms with Crippen LogP contribution in [0.3, 0.4) is 0 Å². The Bertz CT molecular complexity index is 766.